The summed E-state index contributed by atoms with van der Waals surface area (Å²) in [7, 11) is 1.30. The lowest BCUT2D eigenvalue weighted by Gasteiger charge is -1.99. The monoisotopic (exact) mass is 247 g/mol. The topological polar surface area (TPSA) is 98.1 Å². The average Bonchev–Trinajstić information content (AvgIpc) is 2.88. The molecule has 0 aliphatic carbocycles. The van der Waals surface area contributed by atoms with E-state index < -0.39 is 10.9 Å². The molecule has 0 fully saturated rings. The quantitative estimate of drug-likeness (QED) is 0.506. The maximum Gasteiger partial charge on any atom is 0.340 e. The molecule has 0 spiro atoms. The zero-order chi connectivity index (χ0) is 13.1. The molecule has 0 radical (unpaired) electrons. The van der Waals surface area contributed by atoms with Crippen LogP contribution in [0.4, 0.5) is 5.82 Å². The van der Waals surface area contributed by atoms with Gasteiger partial charge in [0.1, 0.15) is 6.20 Å². The fourth-order valence-corrected chi connectivity index (χ4v) is 1.43. The van der Waals surface area contributed by atoms with Gasteiger partial charge in [-0.05, 0) is 29.2 Å². The van der Waals surface area contributed by atoms with Gasteiger partial charge in [-0.15, -0.1) is 0 Å². The van der Waals surface area contributed by atoms with Crippen LogP contribution in [0.5, 0.6) is 0 Å². The van der Waals surface area contributed by atoms with E-state index in [4.69, 9.17) is 0 Å². The van der Waals surface area contributed by atoms with Crippen molar-refractivity contribution in [2.45, 2.75) is 0 Å². The molecule has 92 valence electrons. The molecule has 1 aromatic heterocycles. The Labute approximate surface area is 102 Å². The number of aromatic nitrogens is 2. The molecule has 0 bridgehead atoms. The predicted octanol–water partition coefficient (Wildman–Crippen LogP) is 1.77. The van der Waals surface area contributed by atoms with E-state index >= 15 is 0 Å². The first-order valence-corrected chi connectivity index (χ1v) is 5.00. The van der Waals surface area contributed by atoms with Gasteiger partial charge >= 0.3 is 11.8 Å². The molecule has 1 N–H and O–H groups in total. The molecule has 1 heterocycles. The van der Waals surface area contributed by atoms with E-state index in [2.05, 4.69) is 14.7 Å². The Kier molecular flexibility index (Phi) is 3.05. The van der Waals surface area contributed by atoms with Crippen LogP contribution in [-0.2, 0) is 4.74 Å². The minimum Gasteiger partial charge on any atom is -0.465 e. The van der Waals surface area contributed by atoms with Crippen molar-refractivity contribution in [3.8, 4) is 11.4 Å². The maximum atomic E-state index is 11.2. The highest BCUT2D eigenvalue weighted by atomic mass is 16.6. The fourth-order valence-electron chi connectivity index (χ4n) is 1.43. The minimum atomic E-state index is -0.556. The van der Waals surface area contributed by atoms with E-state index in [1.165, 1.54) is 7.11 Å². The smallest absolute Gasteiger partial charge is 0.340 e. The fraction of sp³-hybridized carbons (Fsp3) is 0.0909. The van der Waals surface area contributed by atoms with Crippen LogP contribution in [0.25, 0.3) is 11.4 Å². The summed E-state index contributed by atoms with van der Waals surface area (Å²) < 4.78 is 4.57. The molecule has 0 amide bonds. The first kappa shape index (κ1) is 11.8. The second-order valence-electron chi connectivity index (χ2n) is 3.44. The van der Waals surface area contributed by atoms with Crippen molar-refractivity contribution in [2.24, 2.45) is 0 Å². The molecule has 2 rings (SSSR count). The standard InChI is InChI=1S/C11H9N3O4/c1-18-11(15)8-4-2-7(3-5-8)10-12-6-9(13-10)14(16)17/h2-6H,1H3,(H,12,13). The Morgan fingerprint density at radius 3 is 2.56 bits per heavy atom. The Bertz CT molecular complexity index is 589. The van der Waals surface area contributed by atoms with Crippen molar-refractivity contribution in [3.05, 3.63) is 46.1 Å². The summed E-state index contributed by atoms with van der Waals surface area (Å²) in [4.78, 5) is 27.6. The van der Waals surface area contributed by atoms with Crippen LogP contribution >= 0.6 is 0 Å². The van der Waals surface area contributed by atoms with E-state index in [1.54, 1.807) is 24.3 Å². The van der Waals surface area contributed by atoms with E-state index in [0.29, 0.717) is 17.0 Å². The van der Waals surface area contributed by atoms with Crippen molar-refractivity contribution in [1.82, 2.24) is 9.97 Å². The molecule has 0 saturated carbocycles. The van der Waals surface area contributed by atoms with Gasteiger partial charge in [-0.25, -0.2) is 14.8 Å². The summed E-state index contributed by atoms with van der Waals surface area (Å²) in [5.74, 6) is -0.243. The van der Waals surface area contributed by atoms with Gasteiger partial charge in [0.2, 0.25) is 5.82 Å². The number of benzene rings is 1. The van der Waals surface area contributed by atoms with E-state index in [0.717, 1.165) is 6.20 Å². The summed E-state index contributed by atoms with van der Waals surface area (Å²) >= 11 is 0. The summed E-state index contributed by atoms with van der Waals surface area (Å²) in [6, 6.07) is 6.40. The molecule has 0 aliphatic heterocycles. The van der Waals surface area contributed by atoms with Crippen molar-refractivity contribution in [2.75, 3.05) is 7.11 Å². The molecule has 0 saturated heterocycles. The Balaban J connectivity index is 2.28. The Morgan fingerprint density at radius 2 is 2.06 bits per heavy atom. The largest absolute Gasteiger partial charge is 0.465 e. The van der Waals surface area contributed by atoms with E-state index in [9.17, 15) is 14.9 Å². The summed E-state index contributed by atoms with van der Waals surface area (Å²) in [6.07, 6.45) is 1.14. The number of nitro groups is 1. The number of methoxy groups -OCH3 is 1. The predicted molar refractivity (Wildman–Crippen MR) is 62.0 cm³/mol. The number of esters is 1. The van der Waals surface area contributed by atoms with E-state index in [-0.39, 0.29) is 5.82 Å². The summed E-state index contributed by atoms with van der Waals surface area (Å²) in [5.41, 5.74) is 1.05. The van der Waals surface area contributed by atoms with Crippen LogP contribution in [0.1, 0.15) is 10.4 Å². The minimum absolute atomic E-state index is 0.179. The second kappa shape index (κ2) is 4.66. The highest BCUT2D eigenvalue weighted by Crippen LogP contribution is 2.19. The molecule has 0 atom stereocenters. The van der Waals surface area contributed by atoms with E-state index in [1.807, 2.05) is 0 Å². The van der Waals surface area contributed by atoms with Crippen LogP contribution in [0, 0.1) is 10.1 Å². The summed E-state index contributed by atoms with van der Waals surface area (Å²) in [5, 5.41) is 10.5. The first-order chi connectivity index (χ1) is 8.61. The number of nitrogens with zero attached hydrogens (tertiary/aromatic N) is 2. The lowest BCUT2D eigenvalue weighted by Crippen LogP contribution is -2.00. The van der Waals surface area contributed by atoms with Crippen LogP contribution in [0.2, 0.25) is 0 Å². The van der Waals surface area contributed by atoms with Crippen molar-refractivity contribution in [3.63, 3.8) is 0 Å². The zero-order valence-corrected chi connectivity index (χ0v) is 9.41. The number of carbonyl (C=O) groups is 1. The molecule has 0 unspecified atom stereocenters. The van der Waals surface area contributed by atoms with Gasteiger partial charge in [-0.2, -0.15) is 0 Å². The zero-order valence-electron chi connectivity index (χ0n) is 9.41. The number of aromatic amines is 1. The lowest BCUT2D eigenvalue weighted by molar-refractivity contribution is -0.389. The molecule has 18 heavy (non-hydrogen) atoms. The maximum absolute atomic E-state index is 11.2. The third-order valence-electron chi connectivity index (χ3n) is 2.34. The second-order valence-corrected chi connectivity index (χ2v) is 3.44. The Morgan fingerprint density at radius 1 is 1.39 bits per heavy atom. The molecule has 1 aromatic carbocycles. The number of carbonyl (C=O) groups excluding carboxylic acids is 1. The molecule has 7 heteroatoms. The average molecular weight is 247 g/mol. The molecular formula is C11H9N3O4. The highest BCUT2D eigenvalue weighted by molar-refractivity contribution is 5.89. The number of nitrogens with one attached hydrogen (secondary N) is 1. The van der Waals surface area contributed by atoms with Crippen LogP contribution in [0.15, 0.2) is 30.5 Å². The number of ether oxygens (including phenoxy) is 1. The van der Waals surface area contributed by atoms with Crippen molar-refractivity contribution in [1.29, 1.82) is 0 Å². The van der Waals surface area contributed by atoms with Gasteiger partial charge in [-0.1, -0.05) is 0 Å². The van der Waals surface area contributed by atoms with Gasteiger partial charge in [0.15, 0.2) is 0 Å². The van der Waals surface area contributed by atoms with Crippen molar-refractivity contribution >= 4 is 11.8 Å². The number of rotatable bonds is 3. The number of imidazole rings is 1. The van der Waals surface area contributed by atoms with Gasteiger partial charge in [0.25, 0.3) is 0 Å². The first-order valence-electron chi connectivity index (χ1n) is 5.00. The number of hydrogen-bond acceptors (Lipinski definition) is 5. The van der Waals surface area contributed by atoms with Crippen molar-refractivity contribution < 1.29 is 14.5 Å². The summed E-state index contributed by atoms with van der Waals surface area (Å²) in [6.45, 7) is 0. The lowest BCUT2D eigenvalue weighted by atomic mass is 10.1. The van der Waals surface area contributed by atoms with Gasteiger partial charge in [0, 0.05) is 5.56 Å². The van der Waals surface area contributed by atoms with Crippen LogP contribution in [0.3, 0.4) is 0 Å². The normalized spacial score (nSPS) is 10.1. The third kappa shape index (κ3) is 2.19. The molecule has 2 aromatic rings. The van der Waals surface area contributed by atoms with Crippen LogP contribution in [-0.4, -0.2) is 28.0 Å². The number of hydrogen-bond donors (Lipinski definition) is 1. The van der Waals surface area contributed by atoms with Gasteiger partial charge in [0.05, 0.1) is 12.7 Å². The van der Waals surface area contributed by atoms with Crippen LogP contribution < -0.4 is 0 Å². The SMILES string of the molecule is COC(=O)c1ccc(-c2ncc([N+](=O)[O-])[nH]2)cc1. The van der Waals surface area contributed by atoms with Gasteiger partial charge < -0.3 is 14.9 Å². The molecular weight excluding hydrogens is 238 g/mol. The molecule has 0 aliphatic rings. The number of H-pyrrole nitrogens is 1. The Hall–Kier alpha value is -2.70. The van der Waals surface area contributed by atoms with Gasteiger partial charge in [-0.3, -0.25) is 0 Å². The molecule has 7 nitrogen and oxygen atoms in total. The third-order valence-corrected chi connectivity index (χ3v) is 2.34. The highest BCUT2D eigenvalue weighted by Gasteiger charge is 2.12.